The number of methoxy groups -OCH3 is 1. The predicted molar refractivity (Wildman–Crippen MR) is 106 cm³/mol. The van der Waals surface area contributed by atoms with Crippen LogP contribution in [0.3, 0.4) is 0 Å². The van der Waals surface area contributed by atoms with E-state index >= 15 is 0 Å². The van der Waals surface area contributed by atoms with Crippen molar-refractivity contribution in [2.24, 2.45) is 0 Å². The number of para-hydroxylation sites is 2. The van der Waals surface area contributed by atoms with Crippen LogP contribution in [0.2, 0.25) is 0 Å². The summed E-state index contributed by atoms with van der Waals surface area (Å²) in [5.41, 5.74) is 0.981. The molecular formula is C20H20N4O4. The fraction of sp³-hybridized carbons (Fsp3) is 0.200. The van der Waals surface area contributed by atoms with Gasteiger partial charge in [-0.1, -0.05) is 12.1 Å². The lowest BCUT2D eigenvalue weighted by atomic mass is 10.1. The Labute approximate surface area is 161 Å². The Morgan fingerprint density at radius 2 is 1.96 bits per heavy atom. The van der Waals surface area contributed by atoms with E-state index in [9.17, 15) is 14.4 Å². The van der Waals surface area contributed by atoms with E-state index in [0.717, 1.165) is 0 Å². The van der Waals surface area contributed by atoms with E-state index in [1.807, 2.05) is 6.92 Å². The minimum absolute atomic E-state index is 0.197. The van der Waals surface area contributed by atoms with E-state index < -0.39 is 0 Å². The van der Waals surface area contributed by atoms with Crippen LogP contribution in [-0.2, 0) is 11.3 Å². The molecule has 0 bridgehead atoms. The predicted octanol–water partition coefficient (Wildman–Crippen LogP) is 1.79. The Morgan fingerprint density at radius 1 is 1.18 bits per heavy atom. The third-order valence-corrected chi connectivity index (χ3v) is 4.12. The number of nitrogens with one attached hydrogen (secondary N) is 2. The monoisotopic (exact) mass is 380 g/mol. The summed E-state index contributed by atoms with van der Waals surface area (Å²) in [5.74, 6) is -0.0871. The summed E-state index contributed by atoms with van der Waals surface area (Å²) in [6.07, 6.45) is 1.30. The van der Waals surface area contributed by atoms with E-state index in [4.69, 9.17) is 4.74 Å². The van der Waals surface area contributed by atoms with E-state index in [0.29, 0.717) is 34.4 Å². The standard InChI is InChI=1S/C20H20N4O4/c1-3-21-19(26)13-8-9-14-16(10-13)22-12-24(20(14)27)11-18(25)23-15-6-4-5-7-17(15)28-2/h4-10,12H,3,11H2,1-2H3,(H,21,26)(H,23,25). The van der Waals surface area contributed by atoms with Crippen molar-refractivity contribution in [3.63, 3.8) is 0 Å². The van der Waals surface area contributed by atoms with Gasteiger partial charge in [0.1, 0.15) is 12.3 Å². The first-order chi connectivity index (χ1) is 13.5. The molecule has 1 aromatic heterocycles. The van der Waals surface area contributed by atoms with E-state index in [1.54, 1.807) is 42.5 Å². The van der Waals surface area contributed by atoms with Crippen molar-refractivity contribution in [3.05, 3.63) is 64.7 Å². The number of carbonyl (C=O) groups is 2. The molecule has 0 fully saturated rings. The molecule has 0 spiro atoms. The molecule has 3 aromatic rings. The average molecular weight is 380 g/mol. The number of aromatic nitrogens is 2. The van der Waals surface area contributed by atoms with Gasteiger partial charge in [0.05, 0.1) is 30.0 Å². The molecule has 0 aliphatic rings. The number of benzene rings is 2. The van der Waals surface area contributed by atoms with E-state index in [-0.39, 0.29) is 23.9 Å². The van der Waals surface area contributed by atoms with Gasteiger partial charge in [-0.3, -0.25) is 19.0 Å². The molecule has 0 unspecified atom stereocenters. The maximum atomic E-state index is 12.7. The Bertz CT molecular complexity index is 1090. The molecule has 2 N–H and O–H groups in total. The second-order valence-electron chi connectivity index (χ2n) is 6.02. The lowest BCUT2D eigenvalue weighted by molar-refractivity contribution is -0.116. The highest BCUT2D eigenvalue weighted by Gasteiger charge is 2.12. The zero-order chi connectivity index (χ0) is 20.1. The quantitative estimate of drug-likeness (QED) is 0.679. The fourth-order valence-electron chi connectivity index (χ4n) is 2.77. The highest BCUT2D eigenvalue weighted by atomic mass is 16.5. The largest absolute Gasteiger partial charge is 0.495 e. The van der Waals surface area contributed by atoms with Gasteiger partial charge in [-0.2, -0.15) is 0 Å². The van der Waals surface area contributed by atoms with Crippen molar-refractivity contribution < 1.29 is 14.3 Å². The SMILES string of the molecule is CCNC(=O)c1ccc2c(=O)n(CC(=O)Nc3ccccc3OC)cnc2c1. The highest BCUT2D eigenvalue weighted by Crippen LogP contribution is 2.22. The van der Waals surface area contributed by atoms with Crippen LogP contribution in [0.5, 0.6) is 5.75 Å². The van der Waals surface area contributed by atoms with Gasteiger partial charge in [0.2, 0.25) is 5.91 Å². The van der Waals surface area contributed by atoms with E-state index in [1.165, 1.54) is 18.0 Å². The summed E-state index contributed by atoms with van der Waals surface area (Å²) in [7, 11) is 1.51. The third kappa shape index (κ3) is 4.01. The molecule has 0 atom stereocenters. The Balaban J connectivity index is 1.82. The Morgan fingerprint density at radius 3 is 2.71 bits per heavy atom. The normalized spacial score (nSPS) is 10.5. The Kier molecular flexibility index (Phi) is 5.69. The van der Waals surface area contributed by atoms with Gasteiger partial charge in [-0.05, 0) is 37.3 Å². The summed E-state index contributed by atoms with van der Waals surface area (Å²) in [5, 5.41) is 5.75. The summed E-state index contributed by atoms with van der Waals surface area (Å²) >= 11 is 0. The molecule has 2 amide bonds. The van der Waals surface area contributed by atoms with Gasteiger partial charge in [0.15, 0.2) is 0 Å². The first-order valence-electron chi connectivity index (χ1n) is 8.73. The Hall–Kier alpha value is -3.68. The third-order valence-electron chi connectivity index (χ3n) is 4.12. The van der Waals surface area contributed by atoms with Crippen LogP contribution in [0.15, 0.2) is 53.6 Å². The molecule has 8 nitrogen and oxygen atoms in total. The average Bonchev–Trinajstić information content (AvgIpc) is 2.70. The van der Waals surface area contributed by atoms with Crippen molar-refractivity contribution in [2.45, 2.75) is 13.5 Å². The minimum atomic E-state index is -0.383. The van der Waals surface area contributed by atoms with Gasteiger partial charge >= 0.3 is 0 Å². The number of amides is 2. The molecule has 0 saturated carbocycles. The van der Waals surface area contributed by atoms with Crippen LogP contribution in [-0.4, -0.2) is 35.0 Å². The maximum absolute atomic E-state index is 12.7. The second kappa shape index (κ2) is 8.34. The molecule has 144 valence electrons. The molecular weight excluding hydrogens is 360 g/mol. The number of anilines is 1. The van der Waals surface area contributed by atoms with Crippen LogP contribution in [0.4, 0.5) is 5.69 Å². The van der Waals surface area contributed by atoms with Crippen LogP contribution < -0.4 is 20.9 Å². The molecule has 3 rings (SSSR count). The number of rotatable bonds is 6. The number of fused-ring (bicyclic) bond motifs is 1. The van der Waals surface area contributed by atoms with Crippen LogP contribution in [0.25, 0.3) is 10.9 Å². The van der Waals surface area contributed by atoms with Crippen molar-refractivity contribution in [1.82, 2.24) is 14.9 Å². The number of hydrogen-bond acceptors (Lipinski definition) is 5. The second-order valence-corrected chi connectivity index (χ2v) is 6.02. The molecule has 0 radical (unpaired) electrons. The molecule has 0 saturated heterocycles. The lowest BCUT2D eigenvalue weighted by Gasteiger charge is -2.11. The van der Waals surface area contributed by atoms with Gasteiger partial charge in [-0.25, -0.2) is 4.98 Å². The molecule has 8 heteroatoms. The van der Waals surface area contributed by atoms with Crippen molar-refractivity contribution in [1.29, 1.82) is 0 Å². The van der Waals surface area contributed by atoms with Crippen LogP contribution >= 0.6 is 0 Å². The molecule has 1 heterocycles. The van der Waals surface area contributed by atoms with Gasteiger partial charge in [0, 0.05) is 12.1 Å². The molecule has 2 aromatic carbocycles. The lowest BCUT2D eigenvalue weighted by Crippen LogP contribution is -2.28. The summed E-state index contributed by atoms with van der Waals surface area (Å²) < 4.78 is 6.42. The minimum Gasteiger partial charge on any atom is -0.495 e. The fourth-order valence-corrected chi connectivity index (χ4v) is 2.77. The smallest absolute Gasteiger partial charge is 0.261 e. The molecule has 28 heavy (non-hydrogen) atoms. The first kappa shape index (κ1) is 19.1. The van der Waals surface area contributed by atoms with Crippen molar-refractivity contribution in [2.75, 3.05) is 19.0 Å². The number of carbonyl (C=O) groups excluding carboxylic acids is 2. The number of ether oxygens (including phenoxy) is 1. The zero-order valence-electron chi connectivity index (χ0n) is 15.6. The number of nitrogens with zero attached hydrogens (tertiary/aromatic N) is 2. The van der Waals surface area contributed by atoms with Crippen molar-refractivity contribution in [3.8, 4) is 5.75 Å². The van der Waals surface area contributed by atoms with Gasteiger partial charge in [0.25, 0.3) is 11.5 Å². The maximum Gasteiger partial charge on any atom is 0.261 e. The van der Waals surface area contributed by atoms with Crippen molar-refractivity contribution >= 4 is 28.4 Å². The van der Waals surface area contributed by atoms with Crippen LogP contribution in [0, 0.1) is 0 Å². The molecule has 0 aliphatic carbocycles. The summed E-state index contributed by atoms with van der Waals surface area (Å²) in [6.45, 7) is 2.14. The van der Waals surface area contributed by atoms with Gasteiger partial charge in [-0.15, -0.1) is 0 Å². The summed E-state index contributed by atoms with van der Waals surface area (Å²) in [6, 6.07) is 11.7. The zero-order valence-corrected chi connectivity index (χ0v) is 15.6. The summed E-state index contributed by atoms with van der Waals surface area (Å²) in [4.78, 5) is 41.2. The van der Waals surface area contributed by atoms with Crippen LogP contribution in [0.1, 0.15) is 17.3 Å². The topological polar surface area (TPSA) is 102 Å². The van der Waals surface area contributed by atoms with E-state index in [2.05, 4.69) is 15.6 Å². The molecule has 0 aliphatic heterocycles. The number of hydrogen-bond donors (Lipinski definition) is 2. The van der Waals surface area contributed by atoms with Gasteiger partial charge < -0.3 is 15.4 Å². The first-order valence-corrected chi connectivity index (χ1v) is 8.73. The highest BCUT2D eigenvalue weighted by molar-refractivity contribution is 5.97.